The first-order valence-corrected chi connectivity index (χ1v) is 27.1. The van der Waals surface area contributed by atoms with Gasteiger partial charge in [-0.15, -0.1) is 0 Å². The number of nitrogens with zero attached hydrogens (tertiary/aromatic N) is 6. The van der Waals surface area contributed by atoms with Crippen LogP contribution in [0.25, 0.3) is 11.1 Å². The van der Waals surface area contributed by atoms with Gasteiger partial charge in [0.05, 0.1) is 50.9 Å². The molecule has 0 saturated carbocycles. The van der Waals surface area contributed by atoms with Crippen molar-refractivity contribution in [3.05, 3.63) is 177 Å². The van der Waals surface area contributed by atoms with Crippen molar-refractivity contribution in [1.29, 1.82) is 0 Å². The SMILES string of the molecule is C=CCO/N=C(\C)c1ccc(-c2ccccc2NC(=O)c2c(C)nn(C)c2F)cc1.C=CCO/N=C(\C)c1ccc(Br)cc1.CC1(C)OB(B2OC(C)(C)C(C)(C)O2)OC1(C)C.Cc1nn(C)c(F)c1C(=O)Nc1ccccc1Br. The van der Waals surface area contributed by atoms with E-state index in [1.54, 1.807) is 50.3 Å². The highest BCUT2D eigenvalue weighted by Crippen LogP contribution is 2.43. The summed E-state index contributed by atoms with van der Waals surface area (Å²) in [6, 6.07) is 30.1. The lowest BCUT2D eigenvalue weighted by molar-refractivity contribution is 0.00578. The number of hydrogen-bond donors (Lipinski definition) is 2. The number of benzene rings is 4. The van der Waals surface area contributed by atoms with E-state index in [-0.39, 0.29) is 33.5 Å². The number of halogens is 4. The second kappa shape index (κ2) is 27.7. The Kier molecular flexibility index (Phi) is 22.3. The van der Waals surface area contributed by atoms with Gasteiger partial charge in [-0.1, -0.05) is 118 Å². The average Bonchev–Trinajstić information content (AvgIpc) is 4.03. The van der Waals surface area contributed by atoms with E-state index >= 15 is 0 Å². The van der Waals surface area contributed by atoms with Crippen molar-refractivity contribution >= 4 is 80.5 Å². The highest BCUT2D eigenvalue weighted by Gasteiger charge is 2.63. The van der Waals surface area contributed by atoms with Crippen molar-refractivity contribution in [2.45, 2.75) is 105 Å². The van der Waals surface area contributed by atoms with Crippen LogP contribution >= 0.6 is 31.9 Å². The third-order valence-corrected chi connectivity index (χ3v) is 14.7. The number of rotatable bonds is 14. The van der Waals surface area contributed by atoms with Gasteiger partial charge in [0.15, 0.2) is 0 Å². The van der Waals surface area contributed by atoms with Gasteiger partial charge in [-0.2, -0.15) is 19.0 Å². The zero-order valence-corrected chi connectivity index (χ0v) is 51.0. The number of oxime groups is 2. The smallest absolute Gasteiger partial charge is 0.405 e. The summed E-state index contributed by atoms with van der Waals surface area (Å²) in [5, 5.41) is 21.3. The van der Waals surface area contributed by atoms with Crippen LogP contribution in [-0.4, -0.2) is 92.4 Å². The molecule has 0 aliphatic carbocycles. The van der Waals surface area contributed by atoms with E-state index in [0.717, 1.165) is 52.0 Å². The number of anilines is 2. The molecule has 4 aromatic carbocycles. The fraction of sp³-hybridized carbons (Fsp3) is 0.345. The lowest BCUT2D eigenvalue weighted by atomic mass is 9.49. The first-order valence-electron chi connectivity index (χ1n) is 25.5. The van der Waals surface area contributed by atoms with Gasteiger partial charge in [-0.05, 0) is 146 Å². The zero-order chi connectivity index (χ0) is 59.3. The highest BCUT2D eigenvalue weighted by molar-refractivity contribution is 9.10. The average molecular weight is 1230 g/mol. The topological polar surface area (TPSA) is 174 Å². The zero-order valence-electron chi connectivity index (χ0n) is 47.8. The van der Waals surface area contributed by atoms with Crippen LogP contribution in [0, 0.1) is 25.7 Å². The monoisotopic (exact) mass is 1220 g/mol. The van der Waals surface area contributed by atoms with Gasteiger partial charge in [0.1, 0.15) is 24.3 Å². The molecule has 2 aliphatic heterocycles. The molecule has 6 aromatic rings. The number of para-hydroxylation sites is 2. The van der Waals surface area contributed by atoms with Crippen molar-refractivity contribution in [3.63, 3.8) is 0 Å². The van der Waals surface area contributed by atoms with Gasteiger partial charge in [0.2, 0.25) is 11.9 Å². The minimum Gasteiger partial charge on any atom is -0.405 e. The van der Waals surface area contributed by atoms with E-state index in [9.17, 15) is 18.4 Å². The van der Waals surface area contributed by atoms with Crippen LogP contribution in [0.5, 0.6) is 0 Å². The Morgan fingerprint density at radius 3 is 1.35 bits per heavy atom. The summed E-state index contributed by atoms with van der Waals surface area (Å²) in [5.74, 6) is -2.35. The second-order valence-corrected chi connectivity index (χ2v) is 22.3. The molecule has 2 aliphatic rings. The van der Waals surface area contributed by atoms with Crippen LogP contribution < -0.4 is 10.6 Å². The molecule has 0 unspecified atom stereocenters. The Hall–Kier alpha value is -6.55. The number of carbonyl (C=O) groups excluding carboxylic acids is 2. The number of carbonyl (C=O) groups is 2. The number of aryl methyl sites for hydroxylation is 4. The molecular weight excluding hydrogens is 1160 g/mol. The first kappa shape index (κ1) is 64.3. The van der Waals surface area contributed by atoms with E-state index in [4.69, 9.17) is 28.3 Å². The van der Waals surface area contributed by atoms with Crippen molar-refractivity contribution in [2.24, 2.45) is 24.4 Å². The van der Waals surface area contributed by atoms with Crippen LogP contribution in [0.4, 0.5) is 20.2 Å². The largest absolute Gasteiger partial charge is 0.488 e. The van der Waals surface area contributed by atoms with Crippen molar-refractivity contribution in [1.82, 2.24) is 19.6 Å². The van der Waals surface area contributed by atoms with Gasteiger partial charge >= 0.3 is 14.0 Å². The maximum absolute atomic E-state index is 14.2. The molecular formula is C58H70B2Br2F2N8O8. The normalized spacial score (nSPS) is 15.7. The van der Waals surface area contributed by atoms with Crippen molar-refractivity contribution in [2.75, 3.05) is 23.8 Å². The molecule has 80 heavy (non-hydrogen) atoms. The Bertz CT molecular complexity index is 3130. The minimum atomic E-state index is -0.666. The van der Waals surface area contributed by atoms with Gasteiger partial charge in [0.25, 0.3) is 11.8 Å². The molecule has 8 rings (SSSR count). The van der Waals surface area contributed by atoms with E-state index < -0.39 is 37.7 Å². The molecule has 2 amide bonds. The summed E-state index contributed by atoms with van der Waals surface area (Å²) in [5.41, 5.74) is 5.62. The van der Waals surface area contributed by atoms with Crippen molar-refractivity contribution < 1.29 is 46.7 Å². The summed E-state index contributed by atoms with van der Waals surface area (Å²) in [6.45, 7) is 31.1. The second-order valence-electron chi connectivity index (χ2n) is 20.5. The van der Waals surface area contributed by atoms with Gasteiger partial charge in [-0.25, -0.2) is 9.36 Å². The Balaban J connectivity index is 0.000000205. The molecule has 0 bridgehead atoms. The van der Waals surface area contributed by atoms with Crippen LogP contribution in [0.3, 0.4) is 0 Å². The molecule has 2 aromatic heterocycles. The van der Waals surface area contributed by atoms with Crippen LogP contribution in [0.2, 0.25) is 0 Å². The van der Waals surface area contributed by atoms with E-state index in [0.29, 0.717) is 36.0 Å². The Labute approximate surface area is 485 Å². The third-order valence-electron chi connectivity index (χ3n) is 13.5. The minimum absolute atomic E-state index is 0.0340. The molecule has 0 atom stereocenters. The first-order chi connectivity index (χ1) is 37.5. The molecule has 0 radical (unpaired) electrons. The van der Waals surface area contributed by atoms with E-state index in [1.165, 1.54) is 14.1 Å². The summed E-state index contributed by atoms with van der Waals surface area (Å²) < 4.78 is 55.7. The van der Waals surface area contributed by atoms with Crippen LogP contribution in [-0.2, 0) is 42.4 Å². The van der Waals surface area contributed by atoms with E-state index in [1.807, 2.05) is 142 Å². The summed E-state index contributed by atoms with van der Waals surface area (Å²) >= 11 is 6.68. The summed E-state index contributed by atoms with van der Waals surface area (Å²) in [6.07, 6.45) is 3.29. The predicted octanol–water partition coefficient (Wildman–Crippen LogP) is 13.2. The molecule has 16 nitrogen and oxygen atoms in total. The van der Waals surface area contributed by atoms with Gasteiger partial charge < -0.3 is 38.9 Å². The highest BCUT2D eigenvalue weighted by atomic mass is 79.9. The molecule has 0 spiro atoms. The van der Waals surface area contributed by atoms with Crippen LogP contribution in [0.1, 0.15) is 112 Å². The van der Waals surface area contributed by atoms with Crippen LogP contribution in [0.15, 0.2) is 142 Å². The van der Waals surface area contributed by atoms with E-state index in [2.05, 4.69) is 76.2 Å². The molecule has 2 saturated heterocycles. The molecule has 2 N–H and O–H groups in total. The summed E-state index contributed by atoms with van der Waals surface area (Å²) in [4.78, 5) is 34.8. The quantitative estimate of drug-likeness (QED) is 0.0351. The number of nitrogens with one attached hydrogen (secondary N) is 2. The van der Waals surface area contributed by atoms with Gasteiger partial charge in [-0.3, -0.25) is 9.59 Å². The molecule has 22 heteroatoms. The molecule has 4 heterocycles. The predicted molar refractivity (Wildman–Crippen MR) is 321 cm³/mol. The lowest BCUT2D eigenvalue weighted by Gasteiger charge is -2.32. The lowest BCUT2D eigenvalue weighted by Crippen LogP contribution is -2.41. The maximum atomic E-state index is 14.2. The fourth-order valence-corrected chi connectivity index (χ4v) is 8.26. The molecule has 424 valence electrons. The standard InChI is InChI=1S/C23H23FN4O2.C12H24B2O4.C12H11BrFN3O.C11H12BrNO/c1-5-14-30-27-15(2)17-10-12-18(13-11-17)19-8-6-7-9-20(19)25-23(29)21-16(3)26-28(4)22(21)24;1-9(2)10(3,4)16-13(15-9)14-17-11(5,6)12(7,8)18-14;1-7-10(11(14)17(2)16-7)12(18)15-9-6-4-3-5-8(9)13;1-3-8-14-13-9(2)10-4-6-11(12)7-5-10/h5-13H,1,14H2,2-4H3,(H,25,29);1-8H3;3-6H,1-2H3,(H,15,18);3-7H,1,8H2,2H3/b27-15+;;;13-9+. The number of aromatic nitrogens is 4. The summed E-state index contributed by atoms with van der Waals surface area (Å²) in [7, 11) is 1.96. The fourth-order valence-electron chi connectivity index (χ4n) is 7.61. The van der Waals surface area contributed by atoms with Gasteiger partial charge in [0, 0.05) is 34.3 Å². The number of hydrogen-bond acceptors (Lipinski definition) is 12. The molecule has 2 fully saturated rings. The Morgan fingerprint density at radius 1 is 0.613 bits per heavy atom. The van der Waals surface area contributed by atoms with Crippen molar-refractivity contribution in [3.8, 4) is 11.1 Å². The maximum Gasteiger partial charge on any atom is 0.488 e. The Morgan fingerprint density at radius 2 is 0.975 bits per heavy atom. The third kappa shape index (κ3) is 16.3. The number of amides is 2.